The Labute approximate surface area is 151 Å². The van der Waals surface area contributed by atoms with E-state index in [4.69, 9.17) is 4.74 Å². The predicted octanol–water partition coefficient (Wildman–Crippen LogP) is 3.74. The van der Waals surface area contributed by atoms with Crippen LogP contribution in [0.4, 0.5) is 9.52 Å². The number of thiophene rings is 1. The zero-order valence-electron chi connectivity index (χ0n) is 12.9. The fraction of sp³-hybridized carbons (Fsp3) is 0.118. The number of esters is 1. The number of carbonyl (C=O) groups is 2. The van der Waals surface area contributed by atoms with E-state index in [9.17, 15) is 14.0 Å². The average Bonchev–Trinajstić information content (AvgIpc) is 3.26. The quantitative estimate of drug-likeness (QED) is 0.666. The molecule has 0 bridgehead atoms. The average molecular weight is 376 g/mol. The summed E-state index contributed by atoms with van der Waals surface area (Å²) in [5.74, 6) is -1.24. The molecule has 0 spiro atoms. The Hall–Kier alpha value is -2.58. The lowest BCUT2D eigenvalue weighted by atomic mass is 10.2. The number of nitrogens with zero attached hydrogens (tertiary/aromatic N) is 1. The van der Waals surface area contributed by atoms with E-state index in [1.165, 1.54) is 34.8 Å². The smallest absolute Gasteiger partial charge is 0.311 e. The number of anilines is 1. The van der Waals surface area contributed by atoms with Crippen molar-refractivity contribution >= 4 is 39.7 Å². The van der Waals surface area contributed by atoms with Crippen LogP contribution in [0.3, 0.4) is 0 Å². The van der Waals surface area contributed by atoms with Crippen molar-refractivity contribution in [2.45, 2.75) is 6.42 Å². The highest BCUT2D eigenvalue weighted by Crippen LogP contribution is 2.24. The topological polar surface area (TPSA) is 68.3 Å². The summed E-state index contributed by atoms with van der Waals surface area (Å²) in [6.07, 6.45) is 0.150. The van der Waals surface area contributed by atoms with Gasteiger partial charge in [0.05, 0.1) is 12.1 Å². The van der Waals surface area contributed by atoms with Gasteiger partial charge in [-0.15, -0.1) is 22.7 Å². The minimum Gasteiger partial charge on any atom is -0.455 e. The van der Waals surface area contributed by atoms with E-state index in [0.29, 0.717) is 10.8 Å². The molecule has 1 amide bonds. The Bertz CT molecular complexity index is 860. The molecule has 128 valence electrons. The van der Waals surface area contributed by atoms with Crippen molar-refractivity contribution in [2.24, 2.45) is 0 Å². The first-order chi connectivity index (χ1) is 12.1. The molecule has 25 heavy (non-hydrogen) atoms. The molecule has 0 fully saturated rings. The normalized spacial score (nSPS) is 10.4. The third kappa shape index (κ3) is 4.94. The largest absolute Gasteiger partial charge is 0.455 e. The first-order valence-electron chi connectivity index (χ1n) is 7.29. The van der Waals surface area contributed by atoms with Gasteiger partial charge in [0.1, 0.15) is 5.82 Å². The van der Waals surface area contributed by atoms with E-state index < -0.39 is 11.9 Å². The summed E-state index contributed by atoms with van der Waals surface area (Å²) in [6, 6.07) is 9.60. The Balaban J connectivity index is 1.49. The second-order valence-electron chi connectivity index (χ2n) is 5.01. The molecule has 0 radical (unpaired) electrons. The van der Waals surface area contributed by atoms with Crippen LogP contribution in [0.25, 0.3) is 11.3 Å². The number of hydrogen-bond acceptors (Lipinski definition) is 6. The number of hydrogen-bond donors (Lipinski definition) is 1. The van der Waals surface area contributed by atoms with Gasteiger partial charge in [0, 0.05) is 15.8 Å². The Morgan fingerprint density at radius 1 is 1.16 bits per heavy atom. The maximum Gasteiger partial charge on any atom is 0.311 e. The molecular formula is C17H13FN2O3S2. The lowest BCUT2D eigenvalue weighted by molar-refractivity contribution is -0.146. The van der Waals surface area contributed by atoms with Crippen LogP contribution in [0.15, 0.2) is 47.2 Å². The molecule has 2 heterocycles. The Morgan fingerprint density at radius 3 is 2.68 bits per heavy atom. The van der Waals surface area contributed by atoms with Gasteiger partial charge in [0.15, 0.2) is 11.7 Å². The van der Waals surface area contributed by atoms with Gasteiger partial charge in [-0.25, -0.2) is 9.37 Å². The van der Waals surface area contributed by atoms with Crippen LogP contribution in [0.1, 0.15) is 4.88 Å². The summed E-state index contributed by atoms with van der Waals surface area (Å²) in [7, 11) is 0. The van der Waals surface area contributed by atoms with Crippen molar-refractivity contribution in [2.75, 3.05) is 11.9 Å². The van der Waals surface area contributed by atoms with Crippen molar-refractivity contribution in [3.63, 3.8) is 0 Å². The molecule has 0 saturated heterocycles. The molecule has 0 atom stereocenters. The maximum absolute atomic E-state index is 12.9. The molecule has 0 aliphatic carbocycles. The summed E-state index contributed by atoms with van der Waals surface area (Å²) in [4.78, 5) is 28.6. The van der Waals surface area contributed by atoms with Crippen molar-refractivity contribution < 1.29 is 18.7 Å². The predicted molar refractivity (Wildman–Crippen MR) is 95.1 cm³/mol. The molecule has 0 aliphatic rings. The standard InChI is InChI=1S/C17H13FN2O3S2/c18-12-5-3-11(4-6-12)14-10-25-17(19-14)20-15(21)9-23-16(22)8-13-2-1-7-24-13/h1-7,10H,8-9H2,(H,19,20,21). The van der Waals surface area contributed by atoms with Crippen LogP contribution in [0.2, 0.25) is 0 Å². The zero-order chi connectivity index (χ0) is 17.6. The zero-order valence-corrected chi connectivity index (χ0v) is 14.5. The number of benzene rings is 1. The number of halogens is 1. The molecule has 3 rings (SSSR count). The number of ether oxygens (including phenoxy) is 1. The summed E-state index contributed by atoms with van der Waals surface area (Å²) in [6.45, 7) is -0.365. The van der Waals surface area contributed by atoms with Crippen LogP contribution in [0.5, 0.6) is 0 Å². The monoisotopic (exact) mass is 376 g/mol. The lowest BCUT2D eigenvalue weighted by Gasteiger charge is -2.03. The number of nitrogens with one attached hydrogen (secondary N) is 1. The van der Waals surface area contributed by atoms with Gasteiger partial charge in [0.2, 0.25) is 0 Å². The Kier molecular flexibility index (Phi) is 5.52. The number of aromatic nitrogens is 1. The van der Waals surface area contributed by atoms with Gasteiger partial charge in [-0.1, -0.05) is 6.07 Å². The second-order valence-corrected chi connectivity index (χ2v) is 6.90. The van der Waals surface area contributed by atoms with Crippen LogP contribution in [0, 0.1) is 5.82 Å². The van der Waals surface area contributed by atoms with E-state index in [1.807, 2.05) is 17.5 Å². The molecule has 0 saturated carbocycles. The van der Waals surface area contributed by atoms with Crippen molar-refractivity contribution in [1.29, 1.82) is 0 Å². The highest BCUT2D eigenvalue weighted by molar-refractivity contribution is 7.14. The summed E-state index contributed by atoms with van der Waals surface area (Å²) in [5.41, 5.74) is 1.38. The first-order valence-corrected chi connectivity index (χ1v) is 9.05. The van der Waals surface area contributed by atoms with Gasteiger partial charge in [0.25, 0.3) is 5.91 Å². The SMILES string of the molecule is O=C(COC(=O)Cc1cccs1)Nc1nc(-c2ccc(F)cc2)cs1. The summed E-state index contributed by atoms with van der Waals surface area (Å²) >= 11 is 2.70. The van der Waals surface area contributed by atoms with Gasteiger partial charge in [-0.3, -0.25) is 14.9 Å². The van der Waals surface area contributed by atoms with Crippen molar-refractivity contribution in [1.82, 2.24) is 4.98 Å². The second kappa shape index (κ2) is 8.00. The first kappa shape index (κ1) is 17.2. The number of amides is 1. The van der Waals surface area contributed by atoms with Crippen molar-refractivity contribution in [3.05, 3.63) is 57.9 Å². The summed E-state index contributed by atoms with van der Waals surface area (Å²) in [5, 5.41) is 6.59. The van der Waals surface area contributed by atoms with Gasteiger partial charge in [-0.05, 0) is 35.7 Å². The van der Waals surface area contributed by atoms with Crippen LogP contribution in [-0.2, 0) is 20.7 Å². The number of thiazole rings is 1. The highest BCUT2D eigenvalue weighted by atomic mass is 32.1. The number of rotatable bonds is 6. The van der Waals surface area contributed by atoms with E-state index in [0.717, 1.165) is 10.4 Å². The third-order valence-electron chi connectivity index (χ3n) is 3.15. The molecule has 8 heteroatoms. The molecule has 2 aromatic heterocycles. The molecule has 1 N–H and O–H groups in total. The fourth-order valence-corrected chi connectivity index (χ4v) is 3.42. The Morgan fingerprint density at radius 2 is 1.96 bits per heavy atom. The molecule has 5 nitrogen and oxygen atoms in total. The van der Waals surface area contributed by atoms with Gasteiger partial charge in [-0.2, -0.15) is 0 Å². The fourth-order valence-electron chi connectivity index (χ4n) is 1.99. The van der Waals surface area contributed by atoms with Crippen LogP contribution < -0.4 is 5.32 Å². The molecule has 1 aromatic carbocycles. The van der Waals surface area contributed by atoms with E-state index in [-0.39, 0.29) is 18.8 Å². The molecule has 3 aromatic rings. The lowest BCUT2D eigenvalue weighted by Crippen LogP contribution is -2.21. The minimum absolute atomic E-state index is 0.150. The van der Waals surface area contributed by atoms with Crippen LogP contribution >= 0.6 is 22.7 Å². The molecule has 0 unspecified atom stereocenters. The number of carbonyl (C=O) groups excluding carboxylic acids is 2. The van der Waals surface area contributed by atoms with E-state index >= 15 is 0 Å². The van der Waals surface area contributed by atoms with Gasteiger partial charge < -0.3 is 4.74 Å². The molecular weight excluding hydrogens is 363 g/mol. The minimum atomic E-state index is -0.459. The van der Waals surface area contributed by atoms with E-state index in [1.54, 1.807) is 17.5 Å². The molecule has 0 aliphatic heterocycles. The summed E-state index contributed by atoms with van der Waals surface area (Å²) < 4.78 is 17.9. The van der Waals surface area contributed by atoms with Gasteiger partial charge >= 0.3 is 5.97 Å². The van der Waals surface area contributed by atoms with E-state index in [2.05, 4.69) is 10.3 Å². The van der Waals surface area contributed by atoms with Crippen molar-refractivity contribution in [3.8, 4) is 11.3 Å². The van der Waals surface area contributed by atoms with Crippen LogP contribution in [-0.4, -0.2) is 23.5 Å². The maximum atomic E-state index is 12.9. The highest BCUT2D eigenvalue weighted by Gasteiger charge is 2.11. The third-order valence-corrected chi connectivity index (χ3v) is 4.79.